The topological polar surface area (TPSA) is 86.7 Å². The number of nitrogens with zero attached hydrogens (tertiary/aromatic N) is 1. The molecule has 0 aromatic heterocycles. The second-order valence-electron chi connectivity index (χ2n) is 3.57. The van der Waals surface area contributed by atoms with Gasteiger partial charge in [-0.3, -0.25) is 0 Å². The maximum atomic E-state index is 12.2. The molecule has 1 aliphatic rings. The smallest absolute Gasteiger partial charge is 0.465 e. The first-order valence-electron chi connectivity index (χ1n) is 4.70. The fourth-order valence-electron chi connectivity index (χ4n) is 1.56. The third kappa shape index (κ3) is 3.22. The van der Waals surface area contributed by atoms with Gasteiger partial charge in [0, 0.05) is 19.1 Å². The second-order valence-corrected chi connectivity index (χ2v) is 5.50. The van der Waals surface area contributed by atoms with E-state index in [0.29, 0.717) is 4.31 Å². The zero-order chi connectivity index (χ0) is 13.3. The number of sulfonamides is 1. The number of carbonyl (C=O) groups is 1. The van der Waals surface area contributed by atoms with Gasteiger partial charge in [0.05, 0.1) is 0 Å². The van der Waals surface area contributed by atoms with Crippen LogP contribution in [0.1, 0.15) is 12.8 Å². The summed E-state index contributed by atoms with van der Waals surface area (Å²) in [5.74, 6) is 0. The fraction of sp³-hybridized carbons (Fsp3) is 0.857. The summed E-state index contributed by atoms with van der Waals surface area (Å²) in [6, 6.07) is -0.507. The van der Waals surface area contributed by atoms with E-state index in [4.69, 9.17) is 5.11 Å². The van der Waals surface area contributed by atoms with Gasteiger partial charge in [-0.2, -0.15) is 17.5 Å². The number of halogens is 3. The van der Waals surface area contributed by atoms with Gasteiger partial charge in [0.15, 0.2) is 0 Å². The van der Waals surface area contributed by atoms with Crippen LogP contribution in [0.4, 0.5) is 18.0 Å². The first-order chi connectivity index (χ1) is 7.64. The molecule has 0 aromatic rings. The lowest BCUT2D eigenvalue weighted by Crippen LogP contribution is -2.49. The third-order valence-corrected chi connectivity index (χ3v) is 4.04. The van der Waals surface area contributed by atoms with Crippen molar-refractivity contribution in [3.63, 3.8) is 0 Å². The van der Waals surface area contributed by atoms with Gasteiger partial charge < -0.3 is 10.4 Å². The minimum Gasteiger partial charge on any atom is -0.465 e. The molecule has 2 N–H and O–H groups in total. The zero-order valence-electron chi connectivity index (χ0n) is 8.57. The Kier molecular flexibility index (Phi) is 3.87. The molecule has 0 spiro atoms. The van der Waals surface area contributed by atoms with Crippen molar-refractivity contribution in [2.45, 2.75) is 24.4 Å². The first-order valence-corrected chi connectivity index (χ1v) is 6.14. The molecule has 1 amide bonds. The summed E-state index contributed by atoms with van der Waals surface area (Å²) in [7, 11) is -5.29. The number of amides is 1. The van der Waals surface area contributed by atoms with Crippen LogP contribution in [0.25, 0.3) is 0 Å². The molecule has 6 nitrogen and oxygen atoms in total. The lowest BCUT2D eigenvalue weighted by molar-refractivity contribution is -0.0495. The first kappa shape index (κ1) is 14.0. The van der Waals surface area contributed by atoms with Crippen molar-refractivity contribution in [3.8, 4) is 0 Å². The molecular weight excluding hydrogens is 265 g/mol. The Hall–Kier alpha value is -1.03. The predicted molar refractivity (Wildman–Crippen MR) is 50.7 cm³/mol. The number of hydrogen-bond acceptors (Lipinski definition) is 3. The largest absolute Gasteiger partial charge is 0.511 e. The highest BCUT2D eigenvalue weighted by Crippen LogP contribution is 2.28. The number of nitrogens with one attached hydrogen (secondary N) is 1. The van der Waals surface area contributed by atoms with Crippen molar-refractivity contribution in [3.05, 3.63) is 0 Å². The molecule has 0 saturated carbocycles. The van der Waals surface area contributed by atoms with Crippen molar-refractivity contribution in [1.82, 2.24) is 9.62 Å². The van der Waals surface area contributed by atoms with Crippen LogP contribution in [0.2, 0.25) is 0 Å². The van der Waals surface area contributed by atoms with Crippen LogP contribution in [0, 0.1) is 0 Å². The maximum absolute atomic E-state index is 12.2. The number of alkyl halides is 3. The molecular formula is C7H11F3N2O4S. The van der Waals surface area contributed by atoms with Gasteiger partial charge in [-0.1, -0.05) is 0 Å². The van der Waals surface area contributed by atoms with E-state index in [0.717, 1.165) is 0 Å². The molecule has 17 heavy (non-hydrogen) atoms. The molecule has 100 valence electrons. The minimum atomic E-state index is -5.31. The highest BCUT2D eigenvalue weighted by molar-refractivity contribution is 7.90. The monoisotopic (exact) mass is 276 g/mol. The van der Waals surface area contributed by atoms with Crippen LogP contribution < -0.4 is 5.32 Å². The normalized spacial score (nSPS) is 20.2. The van der Waals surface area contributed by atoms with E-state index in [9.17, 15) is 26.4 Å². The van der Waals surface area contributed by atoms with Crippen molar-refractivity contribution in [2.75, 3.05) is 13.1 Å². The van der Waals surface area contributed by atoms with E-state index < -0.39 is 27.7 Å². The Labute approximate surface area is 95.4 Å². The zero-order valence-corrected chi connectivity index (χ0v) is 9.38. The lowest BCUT2D eigenvalue weighted by Gasteiger charge is -2.31. The van der Waals surface area contributed by atoms with Crippen LogP contribution in [0.3, 0.4) is 0 Å². The van der Waals surface area contributed by atoms with E-state index in [-0.39, 0.29) is 25.9 Å². The molecule has 0 bridgehead atoms. The molecule has 1 fully saturated rings. The molecule has 1 saturated heterocycles. The Morgan fingerprint density at radius 1 is 1.29 bits per heavy atom. The molecule has 1 rings (SSSR count). The van der Waals surface area contributed by atoms with Crippen molar-refractivity contribution in [1.29, 1.82) is 0 Å². The van der Waals surface area contributed by atoms with Gasteiger partial charge in [0.2, 0.25) is 0 Å². The number of rotatable bonds is 2. The van der Waals surface area contributed by atoms with Gasteiger partial charge in [-0.25, -0.2) is 13.2 Å². The van der Waals surface area contributed by atoms with E-state index in [2.05, 4.69) is 5.32 Å². The van der Waals surface area contributed by atoms with Crippen molar-refractivity contribution >= 4 is 16.1 Å². The van der Waals surface area contributed by atoms with Crippen LogP contribution in [0.15, 0.2) is 0 Å². The summed E-state index contributed by atoms with van der Waals surface area (Å²) in [6.45, 7) is -0.681. The summed E-state index contributed by atoms with van der Waals surface area (Å²) in [4.78, 5) is 10.3. The van der Waals surface area contributed by atoms with Gasteiger partial charge in [0.25, 0.3) is 0 Å². The van der Waals surface area contributed by atoms with Crippen LogP contribution in [-0.2, 0) is 10.0 Å². The standard InChI is InChI=1S/C7H11F3N2O4S/c8-7(9,10)17(15,16)12-3-1-5(2-4-12)11-6(13)14/h5,11H,1-4H2,(H,13,14). The molecule has 0 radical (unpaired) electrons. The second kappa shape index (κ2) is 4.69. The highest BCUT2D eigenvalue weighted by Gasteiger charge is 2.50. The third-order valence-electron chi connectivity index (χ3n) is 2.41. The van der Waals surface area contributed by atoms with Gasteiger partial charge >= 0.3 is 21.6 Å². The number of carboxylic acid groups (broad SMARTS) is 1. The van der Waals surface area contributed by atoms with Gasteiger partial charge in [-0.05, 0) is 12.8 Å². The summed E-state index contributed by atoms with van der Waals surface area (Å²) in [5, 5.41) is 10.5. The van der Waals surface area contributed by atoms with E-state index in [1.165, 1.54) is 0 Å². The van der Waals surface area contributed by atoms with Crippen molar-refractivity contribution < 1.29 is 31.5 Å². The Bertz CT molecular complexity index is 386. The Balaban J connectivity index is 2.61. The quantitative estimate of drug-likeness (QED) is 0.772. The molecule has 1 aliphatic heterocycles. The summed E-state index contributed by atoms with van der Waals surface area (Å²) < 4.78 is 58.9. The highest BCUT2D eigenvalue weighted by atomic mass is 32.2. The lowest BCUT2D eigenvalue weighted by atomic mass is 10.1. The molecule has 10 heteroatoms. The molecule has 1 heterocycles. The van der Waals surface area contributed by atoms with Crippen molar-refractivity contribution in [2.24, 2.45) is 0 Å². The summed E-state index contributed by atoms with van der Waals surface area (Å²) in [6.07, 6.45) is -1.22. The molecule has 0 aliphatic carbocycles. The fourth-order valence-corrected chi connectivity index (χ4v) is 2.55. The average Bonchev–Trinajstić information content (AvgIpc) is 2.15. The maximum Gasteiger partial charge on any atom is 0.511 e. The van der Waals surface area contributed by atoms with Crippen LogP contribution in [0.5, 0.6) is 0 Å². The molecule has 0 aromatic carbocycles. The van der Waals surface area contributed by atoms with E-state index >= 15 is 0 Å². The average molecular weight is 276 g/mol. The van der Waals surface area contributed by atoms with E-state index in [1.54, 1.807) is 0 Å². The van der Waals surface area contributed by atoms with Crippen LogP contribution >= 0.6 is 0 Å². The number of piperidine rings is 1. The van der Waals surface area contributed by atoms with E-state index in [1.807, 2.05) is 0 Å². The Morgan fingerprint density at radius 2 is 1.76 bits per heavy atom. The minimum absolute atomic E-state index is 0.0294. The number of hydrogen-bond donors (Lipinski definition) is 2. The van der Waals surface area contributed by atoms with Crippen LogP contribution in [-0.4, -0.2) is 48.6 Å². The Morgan fingerprint density at radius 3 is 2.12 bits per heavy atom. The summed E-state index contributed by atoms with van der Waals surface area (Å²) >= 11 is 0. The van der Waals surface area contributed by atoms with Gasteiger partial charge in [-0.15, -0.1) is 0 Å². The molecule has 0 unspecified atom stereocenters. The SMILES string of the molecule is O=C(O)NC1CCN(S(=O)(=O)C(F)(F)F)CC1. The predicted octanol–water partition coefficient (Wildman–Crippen LogP) is 0.568. The molecule has 0 atom stereocenters. The summed E-state index contributed by atoms with van der Waals surface area (Å²) in [5.41, 5.74) is -5.31. The van der Waals surface area contributed by atoms with Gasteiger partial charge in [0.1, 0.15) is 0 Å².